The lowest BCUT2D eigenvalue weighted by Gasteiger charge is -2.34. The molecular weight excluding hydrogens is 409 g/mol. The zero-order valence-corrected chi connectivity index (χ0v) is 19.8. The third-order valence-corrected chi connectivity index (χ3v) is 6.91. The topological polar surface area (TPSA) is 28.2 Å². The van der Waals surface area contributed by atoms with Gasteiger partial charge in [0.1, 0.15) is 5.83 Å². The molecule has 0 radical (unpaired) electrons. The number of pyridine rings is 1. The average Bonchev–Trinajstić information content (AvgIpc) is 2.85. The molecule has 2 aromatic rings. The standard InChI is InChI=1S/C29H36FN3/c1-22-12-14-26(15-13-22)29(28-11-5-6-18-31-28)32-23(2)24-16-20-33(21-17-24)19-7-9-25-8-3-4-10-27(25)30/h5-6,8,10-15,18,24,29,32H,2-4,7,9,16-17,19-21H2,1H3. The maximum atomic E-state index is 13.9. The molecule has 174 valence electrons. The molecule has 4 heteroatoms. The molecule has 1 aliphatic carbocycles. The molecule has 0 spiro atoms. The minimum Gasteiger partial charge on any atom is -0.376 e. The normalized spacial score (nSPS) is 18.4. The maximum Gasteiger partial charge on any atom is 0.122 e. The Morgan fingerprint density at radius 1 is 1.12 bits per heavy atom. The van der Waals surface area contributed by atoms with Crippen molar-refractivity contribution >= 4 is 0 Å². The number of aryl methyl sites for hydroxylation is 1. The van der Waals surface area contributed by atoms with Crippen molar-refractivity contribution in [2.45, 2.75) is 51.5 Å². The zero-order valence-electron chi connectivity index (χ0n) is 19.8. The van der Waals surface area contributed by atoms with Gasteiger partial charge in [-0.05, 0) is 94.4 Å². The molecule has 0 amide bonds. The van der Waals surface area contributed by atoms with E-state index in [0.29, 0.717) is 5.92 Å². The number of piperidine rings is 1. The fraction of sp³-hybridized carbons (Fsp3) is 0.414. The van der Waals surface area contributed by atoms with E-state index in [2.05, 4.69) is 65.1 Å². The summed E-state index contributed by atoms with van der Waals surface area (Å²) in [7, 11) is 0. The SMILES string of the molecule is C=C(NC(c1ccc(C)cc1)c1ccccn1)C1CCN(CCCC2=CCCC=C2F)CC1. The highest BCUT2D eigenvalue weighted by Crippen LogP contribution is 2.28. The number of benzene rings is 1. The Morgan fingerprint density at radius 2 is 1.88 bits per heavy atom. The Morgan fingerprint density at radius 3 is 2.58 bits per heavy atom. The smallest absolute Gasteiger partial charge is 0.122 e. The molecular formula is C29H36FN3. The molecule has 1 aliphatic heterocycles. The van der Waals surface area contributed by atoms with Crippen LogP contribution in [-0.2, 0) is 0 Å². The van der Waals surface area contributed by atoms with Crippen LogP contribution in [0.15, 0.2) is 84.5 Å². The largest absolute Gasteiger partial charge is 0.376 e. The molecule has 4 rings (SSSR count). The van der Waals surface area contributed by atoms with Crippen molar-refractivity contribution < 1.29 is 4.39 Å². The Balaban J connectivity index is 1.29. The molecule has 2 heterocycles. The fourth-order valence-electron chi connectivity index (χ4n) is 4.85. The van der Waals surface area contributed by atoms with E-state index in [-0.39, 0.29) is 11.9 Å². The van der Waals surface area contributed by atoms with Gasteiger partial charge in [0.2, 0.25) is 0 Å². The van der Waals surface area contributed by atoms with Gasteiger partial charge in [0.25, 0.3) is 0 Å². The summed E-state index contributed by atoms with van der Waals surface area (Å²) in [5.74, 6) is 0.456. The Kier molecular flexibility index (Phi) is 8.11. The summed E-state index contributed by atoms with van der Waals surface area (Å²) in [6.45, 7) is 9.72. The van der Waals surface area contributed by atoms with Crippen LogP contribution in [0.5, 0.6) is 0 Å². The molecule has 33 heavy (non-hydrogen) atoms. The average molecular weight is 446 g/mol. The van der Waals surface area contributed by atoms with Gasteiger partial charge in [-0.2, -0.15) is 0 Å². The van der Waals surface area contributed by atoms with Gasteiger partial charge >= 0.3 is 0 Å². The van der Waals surface area contributed by atoms with Crippen LogP contribution in [0.3, 0.4) is 0 Å². The van der Waals surface area contributed by atoms with Gasteiger partial charge in [0.15, 0.2) is 0 Å². The highest BCUT2D eigenvalue weighted by Gasteiger charge is 2.24. The van der Waals surface area contributed by atoms with E-state index in [9.17, 15) is 4.39 Å². The van der Waals surface area contributed by atoms with Crippen molar-refractivity contribution in [1.29, 1.82) is 0 Å². The van der Waals surface area contributed by atoms with Gasteiger partial charge in [0.05, 0.1) is 11.7 Å². The minimum atomic E-state index is -0.00151. The summed E-state index contributed by atoms with van der Waals surface area (Å²) in [4.78, 5) is 7.14. The number of nitrogens with one attached hydrogen (secondary N) is 1. The second-order valence-electron chi connectivity index (χ2n) is 9.35. The molecule has 2 aliphatic rings. The van der Waals surface area contributed by atoms with E-state index in [1.165, 1.54) is 11.1 Å². The van der Waals surface area contributed by atoms with Crippen molar-refractivity contribution in [2.75, 3.05) is 19.6 Å². The van der Waals surface area contributed by atoms with Gasteiger partial charge in [-0.1, -0.05) is 48.6 Å². The molecule has 0 bridgehead atoms. The second kappa shape index (κ2) is 11.4. The highest BCUT2D eigenvalue weighted by atomic mass is 19.1. The first-order valence-corrected chi connectivity index (χ1v) is 12.3. The van der Waals surface area contributed by atoms with Gasteiger partial charge in [-0.15, -0.1) is 0 Å². The van der Waals surface area contributed by atoms with Crippen LogP contribution < -0.4 is 5.32 Å². The summed E-state index contributed by atoms with van der Waals surface area (Å²) in [5.41, 5.74) is 5.48. The van der Waals surface area contributed by atoms with Crippen LogP contribution in [0.4, 0.5) is 4.39 Å². The molecule has 0 saturated carbocycles. The fourth-order valence-corrected chi connectivity index (χ4v) is 4.85. The van der Waals surface area contributed by atoms with Gasteiger partial charge in [-0.25, -0.2) is 4.39 Å². The second-order valence-corrected chi connectivity index (χ2v) is 9.35. The first kappa shape index (κ1) is 23.4. The van der Waals surface area contributed by atoms with E-state index in [0.717, 1.165) is 75.1 Å². The lowest BCUT2D eigenvalue weighted by atomic mass is 9.92. The molecule has 1 fully saturated rings. The third kappa shape index (κ3) is 6.42. The number of nitrogens with zero attached hydrogens (tertiary/aromatic N) is 2. The van der Waals surface area contributed by atoms with Crippen LogP contribution in [0.1, 0.15) is 61.4 Å². The highest BCUT2D eigenvalue weighted by molar-refractivity contribution is 5.31. The van der Waals surface area contributed by atoms with E-state index in [1.807, 2.05) is 18.3 Å². The summed E-state index contributed by atoms with van der Waals surface area (Å²) in [6, 6.07) is 14.7. The minimum absolute atomic E-state index is 0.00151. The number of likely N-dealkylation sites (tertiary alicyclic amines) is 1. The van der Waals surface area contributed by atoms with Crippen LogP contribution in [0.25, 0.3) is 0 Å². The molecule has 3 nitrogen and oxygen atoms in total. The van der Waals surface area contributed by atoms with E-state index in [1.54, 1.807) is 6.08 Å². The Labute approximate surface area is 198 Å². The van der Waals surface area contributed by atoms with Crippen molar-refractivity contribution in [1.82, 2.24) is 15.2 Å². The van der Waals surface area contributed by atoms with E-state index >= 15 is 0 Å². The first-order valence-electron chi connectivity index (χ1n) is 12.3. The quantitative estimate of drug-likeness (QED) is 0.468. The van der Waals surface area contributed by atoms with Crippen molar-refractivity contribution in [2.24, 2.45) is 5.92 Å². The van der Waals surface area contributed by atoms with Crippen LogP contribution in [-0.4, -0.2) is 29.5 Å². The van der Waals surface area contributed by atoms with Crippen LogP contribution in [0, 0.1) is 12.8 Å². The summed E-state index contributed by atoms with van der Waals surface area (Å²) < 4.78 is 13.9. The molecule has 1 aromatic heterocycles. The molecule has 1 N–H and O–H groups in total. The molecule has 1 saturated heterocycles. The molecule has 1 aromatic carbocycles. The molecule has 1 atom stereocenters. The van der Waals surface area contributed by atoms with Crippen molar-refractivity contribution in [3.05, 3.63) is 101 Å². The first-order chi connectivity index (χ1) is 16.1. The Hall–Kier alpha value is -2.72. The van der Waals surface area contributed by atoms with Gasteiger partial charge in [-0.3, -0.25) is 4.98 Å². The number of aromatic nitrogens is 1. The predicted octanol–water partition coefficient (Wildman–Crippen LogP) is 6.65. The number of hydrogen-bond donors (Lipinski definition) is 1. The number of allylic oxidation sites excluding steroid dienone is 5. The number of rotatable bonds is 9. The lowest BCUT2D eigenvalue weighted by molar-refractivity contribution is 0.193. The number of hydrogen-bond acceptors (Lipinski definition) is 3. The third-order valence-electron chi connectivity index (χ3n) is 6.91. The maximum absolute atomic E-state index is 13.9. The van der Waals surface area contributed by atoms with Crippen molar-refractivity contribution in [3.63, 3.8) is 0 Å². The monoisotopic (exact) mass is 445 g/mol. The Bertz CT molecular complexity index is 970. The van der Waals surface area contributed by atoms with Gasteiger partial charge in [0, 0.05) is 17.8 Å². The van der Waals surface area contributed by atoms with E-state index in [4.69, 9.17) is 0 Å². The zero-order chi connectivity index (χ0) is 23.0. The summed E-state index contributed by atoms with van der Waals surface area (Å²) in [6.07, 6.45) is 11.5. The summed E-state index contributed by atoms with van der Waals surface area (Å²) in [5, 5.41) is 3.71. The predicted molar refractivity (Wildman–Crippen MR) is 134 cm³/mol. The lowest BCUT2D eigenvalue weighted by Crippen LogP contribution is -2.37. The van der Waals surface area contributed by atoms with Crippen LogP contribution >= 0.6 is 0 Å². The van der Waals surface area contributed by atoms with E-state index < -0.39 is 0 Å². The van der Waals surface area contributed by atoms with Crippen LogP contribution in [0.2, 0.25) is 0 Å². The summed E-state index contributed by atoms with van der Waals surface area (Å²) >= 11 is 0. The van der Waals surface area contributed by atoms with Gasteiger partial charge < -0.3 is 10.2 Å². The molecule has 1 unspecified atom stereocenters. The van der Waals surface area contributed by atoms with Crippen molar-refractivity contribution in [3.8, 4) is 0 Å². The number of halogens is 1.